The summed E-state index contributed by atoms with van der Waals surface area (Å²) < 4.78 is 0. The maximum Gasteiger partial charge on any atom is 0.0386 e. The minimum atomic E-state index is 0.199. The maximum atomic E-state index is 6.30. The van der Waals surface area contributed by atoms with E-state index in [0.717, 1.165) is 13.1 Å². The standard InChI is InChI=1S/C18H28N2/c1-17(2)10-6-11-18(17,14-19)20-12-5-9-15-7-3-4-8-16(15)13-20/h3-4,7-8H,5-6,9-14,19H2,1-2H3. The van der Waals surface area contributed by atoms with Crippen molar-refractivity contribution in [2.24, 2.45) is 11.1 Å². The van der Waals surface area contributed by atoms with Crippen LogP contribution < -0.4 is 5.73 Å². The van der Waals surface area contributed by atoms with E-state index in [1.165, 1.54) is 49.8 Å². The first-order chi connectivity index (χ1) is 9.59. The van der Waals surface area contributed by atoms with Crippen molar-refractivity contribution in [2.45, 2.75) is 58.0 Å². The molecule has 2 heteroatoms. The molecule has 1 heterocycles. The largest absolute Gasteiger partial charge is 0.329 e. The molecule has 2 nitrogen and oxygen atoms in total. The Balaban J connectivity index is 1.94. The van der Waals surface area contributed by atoms with Crippen molar-refractivity contribution in [1.82, 2.24) is 4.90 Å². The van der Waals surface area contributed by atoms with Gasteiger partial charge >= 0.3 is 0 Å². The van der Waals surface area contributed by atoms with Gasteiger partial charge in [0.25, 0.3) is 0 Å². The third kappa shape index (κ3) is 2.10. The molecule has 0 saturated heterocycles. The summed E-state index contributed by atoms with van der Waals surface area (Å²) >= 11 is 0. The van der Waals surface area contributed by atoms with Crippen LogP contribution in [0, 0.1) is 5.41 Å². The Morgan fingerprint density at radius 2 is 1.85 bits per heavy atom. The fourth-order valence-corrected chi connectivity index (χ4v) is 4.55. The average molecular weight is 272 g/mol. The minimum absolute atomic E-state index is 0.199. The lowest BCUT2D eigenvalue weighted by molar-refractivity contribution is 0.00716. The number of aryl methyl sites for hydroxylation is 1. The van der Waals surface area contributed by atoms with Gasteiger partial charge in [-0.25, -0.2) is 0 Å². The maximum absolute atomic E-state index is 6.30. The molecule has 1 unspecified atom stereocenters. The Hall–Kier alpha value is -0.860. The molecule has 1 fully saturated rings. The highest BCUT2D eigenvalue weighted by Crippen LogP contribution is 2.50. The third-order valence-electron chi connectivity index (χ3n) is 5.95. The lowest BCUT2D eigenvalue weighted by Crippen LogP contribution is -2.59. The van der Waals surface area contributed by atoms with Gasteiger partial charge in [0.1, 0.15) is 0 Å². The monoisotopic (exact) mass is 272 g/mol. The molecule has 20 heavy (non-hydrogen) atoms. The molecule has 3 rings (SSSR count). The lowest BCUT2D eigenvalue weighted by atomic mass is 9.73. The van der Waals surface area contributed by atoms with Crippen LogP contribution in [-0.4, -0.2) is 23.5 Å². The van der Waals surface area contributed by atoms with Crippen LogP contribution >= 0.6 is 0 Å². The van der Waals surface area contributed by atoms with Gasteiger partial charge in [0.05, 0.1) is 0 Å². The van der Waals surface area contributed by atoms with Gasteiger partial charge in [0.15, 0.2) is 0 Å². The van der Waals surface area contributed by atoms with Gasteiger partial charge in [-0.05, 0) is 48.8 Å². The molecule has 2 N–H and O–H groups in total. The quantitative estimate of drug-likeness (QED) is 0.894. The number of hydrogen-bond donors (Lipinski definition) is 1. The summed E-state index contributed by atoms with van der Waals surface area (Å²) in [4.78, 5) is 2.71. The van der Waals surface area contributed by atoms with E-state index in [1.54, 1.807) is 0 Å². The molecule has 1 aromatic carbocycles. The van der Waals surface area contributed by atoms with E-state index in [-0.39, 0.29) is 5.54 Å². The Morgan fingerprint density at radius 1 is 1.10 bits per heavy atom. The second-order valence-electron chi connectivity index (χ2n) is 7.27. The van der Waals surface area contributed by atoms with Crippen LogP contribution in [0.1, 0.15) is 50.7 Å². The molecule has 1 aromatic rings. The molecule has 0 spiro atoms. The van der Waals surface area contributed by atoms with Crippen molar-refractivity contribution in [3.05, 3.63) is 35.4 Å². The normalized spacial score (nSPS) is 29.9. The van der Waals surface area contributed by atoms with Gasteiger partial charge in [-0.3, -0.25) is 4.90 Å². The highest BCUT2D eigenvalue weighted by molar-refractivity contribution is 5.28. The summed E-state index contributed by atoms with van der Waals surface area (Å²) in [5, 5.41) is 0. The first-order valence-electron chi connectivity index (χ1n) is 8.11. The van der Waals surface area contributed by atoms with Crippen LogP contribution in [0.5, 0.6) is 0 Å². The number of nitrogens with two attached hydrogens (primary N) is 1. The van der Waals surface area contributed by atoms with Gasteiger partial charge in [-0.15, -0.1) is 0 Å². The fraction of sp³-hybridized carbons (Fsp3) is 0.667. The molecule has 0 aromatic heterocycles. The second-order valence-corrected chi connectivity index (χ2v) is 7.27. The summed E-state index contributed by atoms with van der Waals surface area (Å²) in [5.74, 6) is 0. The third-order valence-corrected chi connectivity index (χ3v) is 5.95. The molecule has 1 aliphatic carbocycles. The van der Waals surface area contributed by atoms with Crippen LogP contribution in [0.4, 0.5) is 0 Å². The summed E-state index contributed by atoms with van der Waals surface area (Å²) in [6, 6.07) is 8.96. The highest BCUT2D eigenvalue weighted by atomic mass is 15.2. The Morgan fingerprint density at radius 3 is 2.50 bits per heavy atom. The van der Waals surface area contributed by atoms with E-state index in [4.69, 9.17) is 5.73 Å². The Bertz CT molecular complexity index is 480. The molecular formula is C18H28N2. The van der Waals surface area contributed by atoms with Gasteiger partial charge in [0, 0.05) is 18.6 Å². The van der Waals surface area contributed by atoms with E-state index in [2.05, 4.69) is 43.0 Å². The Labute approximate surface area is 123 Å². The first kappa shape index (κ1) is 14.1. The summed E-state index contributed by atoms with van der Waals surface area (Å²) in [7, 11) is 0. The van der Waals surface area contributed by atoms with E-state index in [0.29, 0.717) is 5.41 Å². The number of fused-ring (bicyclic) bond motifs is 1. The Kier molecular flexibility index (Phi) is 3.64. The molecule has 0 amide bonds. The number of hydrogen-bond acceptors (Lipinski definition) is 2. The van der Waals surface area contributed by atoms with Gasteiger partial charge in [-0.1, -0.05) is 44.5 Å². The molecular weight excluding hydrogens is 244 g/mol. The predicted molar refractivity (Wildman–Crippen MR) is 84.6 cm³/mol. The van der Waals surface area contributed by atoms with Crippen molar-refractivity contribution in [3.8, 4) is 0 Å². The molecule has 1 aliphatic heterocycles. The van der Waals surface area contributed by atoms with E-state index >= 15 is 0 Å². The van der Waals surface area contributed by atoms with Crippen molar-refractivity contribution in [2.75, 3.05) is 13.1 Å². The van der Waals surface area contributed by atoms with Crippen LogP contribution in [-0.2, 0) is 13.0 Å². The lowest BCUT2D eigenvalue weighted by Gasteiger charge is -2.49. The van der Waals surface area contributed by atoms with Gasteiger partial charge < -0.3 is 5.73 Å². The first-order valence-corrected chi connectivity index (χ1v) is 8.11. The van der Waals surface area contributed by atoms with E-state index < -0.39 is 0 Å². The number of nitrogens with zero attached hydrogens (tertiary/aromatic N) is 1. The molecule has 2 aliphatic rings. The SMILES string of the molecule is CC1(C)CCCC1(CN)N1CCCc2ccccc2C1. The van der Waals surface area contributed by atoms with Gasteiger partial charge in [0.2, 0.25) is 0 Å². The van der Waals surface area contributed by atoms with Crippen molar-refractivity contribution in [3.63, 3.8) is 0 Å². The fourth-order valence-electron chi connectivity index (χ4n) is 4.55. The van der Waals surface area contributed by atoms with E-state index in [9.17, 15) is 0 Å². The van der Waals surface area contributed by atoms with E-state index in [1.807, 2.05) is 0 Å². The van der Waals surface area contributed by atoms with Crippen molar-refractivity contribution >= 4 is 0 Å². The molecule has 1 saturated carbocycles. The zero-order valence-electron chi connectivity index (χ0n) is 13.0. The zero-order chi connectivity index (χ0) is 14.2. The molecule has 0 radical (unpaired) electrons. The molecule has 110 valence electrons. The smallest absolute Gasteiger partial charge is 0.0386 e. The van der Waals surface area contributed by atoms with Crippen LogP contribution in [0.2, 0.25) is 0 Å². The summed E-state index contributed by atoms with van der Waals surface area (Å²) in [5.41, 5.74) is 9.89. The summed E-state index contributed by atoms with van der Waals surface area (Å²) in [6.45, 7) is 7.90. The van der Waals surface area contributed by atoms with Crippen LogP contribution in [0.15, 0.2) is 24.3 Å². The predicted octanol–water partition coefficient (Wildman–Crippen LogP) is 3.34. The van der Waals surface area contributed by atoms with Crippen LogP contribution in [0.3, 0.4) is 0 Å². The van der Waals surface area contributed by atoms with Crippen molar-refractivity contribution in [1.29, 1.82) is 0 Å². The summed E-state index contributed by atoms with van der Waals surface area (Å²) in [6.07, 6.45) is 6.37. The van der Waals surface area contributed by atoms with Crippen LogP contribution in [0.25, 0.3) is 0 Å². The minimum Gasteiger partial charge on any atom is -0.329 e. The van der Waals surface area contributed by atoms with Gasteiger partial charge in [-0.2, -0.15) is 0 Å². The average Bonchev–Trinajstić information content (AvgIpc) is 2.62. The number of benzene rings is 1. The molecule has 1 atom stereocenters. The molecule has 0 bridgehead atoms. The zero-order valence-corrected chi connectivity index (χ0v) is 13.0. The highest BCUT2D eigenvalue weighted by Gasteiger charge is 2.51. The van der Waals surface area contributed by atoms with Crippen molar-refractivity contribution < 1.29 is 0 Å². The number of rotatable bonds is 2. The second kappa shape index (κ2) is 5.16. The topological polar surface area (TPSA) is 29.3 Å².